The highest BCUT2D eigenvalue weighted by atomic mass is 32.2. The van der Waals surface area contributed by atoms with E-state index >= 15 is 0 Å². The summed E-state index contributed by atoms with van der Waals surface area (Å²) in [6.45, 7) is 0. The van der Waals surface area contributed by atoms with Crippen molar-refractivity contribution in [3.63, 3.8) is 0 Å². The third kappa shape index (κ3) is 8.68. The van der Waals surface area contributed by atoms with Crippen molar-refractivity contribution in [1.82, 2.24) is 40.9 Å². The molecule has 0 spiro atoms. The Morgan fingerprint density at radius 2 is 1.47 bits per heavy atom. The van der Waals surface area contributed by atoms with Crippen LogP contribution in [0.15, 0.2) is 55.5 Å². The maximum atomic E-state index is 13.5. The molecule has 228 valence electrons. The minimum absolute atomic E-state index is 0.0112. The first-order chi connectivity index (χ1) is 20.7. The third-order valence-electron chi connectivity index (χ3n) is 6.90. The minimum Gasteiger partial charge on any atom is -0.480 e. The fourth-order valence-corrected chi connectivity index (χ4v) is 5.07. The van der Waals surface area contributed by atoms with Gasteiger partial charge in [0.1, 0.15) is 18.1 Å². The molecule has 4 atom stereocenters. The number of nitrogens with one attached hydrogen (secondary N) is 6. The van der Waals surface area contributed by atoms with Crippen LogP contribution in [0.3, 0.4) is 0 Å². The van der Waals surface area contributed by atoms with E-state index < -0.39 is 47.9 Å². The number of benzene rings is 1. The summed E-state index contributed by atoms with van der Waals surface area (Å²) in [6, 6.07) is 3.34. The Bertz CT molecular complexity index is 1510. The first-order valence-electron chi connectivity index (χ1n) is 13.6. The van der Waals surface area contributed by atoms with Crippen LogP contribution in [0.1, 0.15) is 23.4 Å². The lowest BCUT2D eigenvalue weighted by Gasteiger charge is -2.25. The number of rotatable bonds is 16. The van der Waals surface area contributed by atoms with Crippen LogP contribution in [0.5, 0.6) is 0 Å². The number of aromatic nitrogens is 5. The molecule has 43 heavy (non-hydrogen) atoms. The Balaban J connectivity index is 1.45. The Morgan fingerprint density at radius 1 is 0.860 bits per heavy atom. The van der Waals surface area contributed by atoms with E-state index in [4.69, 9.17) is 5.73 Å². The van der Waals surface area contributed by atoms with Gasteiger partial charge < -0.3 is 41.7 Å². The molecule has 9 N–H and O–H groups in total. The SMILES string of the molecule is CSCCC(NC(=O)C(N)Cc1c[nH]c2ccccc12)C(=O)NC(Cc1cnc[nH]1)C(=O)NC(Cc1cnc[nH]1)C(=O)O. The number of fused-ring (bicyclic) bond motifs is 1. The molecule has 0 bridgehead atoms. The maximum absolute atomic E-state index is 13.5. The number of para-hydroxylation sites is 1. The number of hydrogen-bond acceptors (Lipinski definition) is 8. The van der Waals surface area contributed by atoms with Gasteiger partial charge in [-0.3, -0.25) is 14.4 Å². The second kappa shape index (κ2) is 15.0. The van der Waals surface area contributed by atoms with Crippen molar-refractivity contribution in [1.29, 1.82) is 0 Å². The largest absolute Gasteiger partial charge is 0.480 e. The number of hydrogen-bond donors (Lipinski definition) is 8. The van der Waals surface area contributed by atoms with E-state index in [1.54, 1.807) is 0 Å². The molecule has 3 heterocycles. The van der Waals surface area contributed by atoms with E-state index in [0.717, 1.165) is 16.5 Å². The zero-order chi connectivity index (χ0) is 30.8. The number of amides is 3. The molecule has 1 aromatic carbocycles. The first-order valence-corrected chi connectivity index (χ1v) is 15.0. The summed E-state index contributed by atoms with van der Waals surface area (Å²) < 4.78 is 0. The number of H-pyrrole nitrogens is 3. The number of nitrogens with zero attached hydrogens (tertiary/aromatic N) is 2. The second-order valence-electron chi connectivity index (χ2n) is 10.0. The molecule has 0 aliphatic carbocycles. The number of imidazole rings is 2. The Hall–Kier alpha value is -4.63. The quantitative estimate of drug-likeness (QED) is 0.0871. The molecule has 0 aliphatic rings. The number of carboxylic acids is 1. The molecular weight excluding hydrogens is 574 g/mol. The van der Waals surface area contributed by atoms with Crippen molar-refractivity contribution >= 4 is 46.4 Å². The number of aromatic amines is 3. The summed E-state index contributed by atoms with van der Waals surface area (Å²) in [5.74, 6) is -2.50. The van der Waals surface area contributed by atoms with Gasteiger partial charge in [-0.2, -0.15) is 11.8 Å². The molecule has 3 amide bonds. The summed E-state index contributed by atoms with van der Waals surface area (Å²) in [6.07, 6.45) is 10.0. The molecule has 0 saturated carbocycles. The molecule has 0 aliphatic heterocycles. The summed E-state index contributed by atoms with van der Waals surface area (Å²) in [5, 5.41) is 18.6. The van der Waals surface area contributed by atoms with Gasteiger partial charge in [-0.15, -0.1) is 0 Å². The standard InChI is InChI=1S/C28H35N9O5S/c1-43-7-6-22(35-25(38)20(29)8-16-11-32-21-5-3-2-4-19(16)21)26(39)36-23(9-17-12-30-14-33-17)27(40)37-24(28(41)42)10-18-13-31-15-34-18/h2-5,11-15,20,22-24,32H,6-10,29H2,1H3,(H,30,33)(H,31,34)(H,35,38)(H,36,39)(H,37,40)(H,41,42). The fraction of sp³-hybridized carbons (Fsp3) is 0.357. The number of carbonyl (C=O) groups is 4. The Kier molecular flexibility index (Phi) is 10.9. The molecule has 3 aromatic heterocycles. The maximum Gasteiger partial charge on any atom is 0.326 e. The topological polar surface area (TPSA) is 224 Å². The van der Waals surface area contributed by atoms with Crippen LogP contribution in [0.4, 0.5) is 0 Å². The third-order valence-corrected chi connectivity index (χ3v) is 7.54. The van der Waals surface area contributed by atoms with Gasteiger partial charge in [-0.25, -0.2) is 14.8 Å². The lowest BCUT2D eigenvalue weighted by atomic mass is 10.0. The molecule has 4 aromatic rings. The van der Waals surface area contributed by atoms with Crippen molar-refractivity contribution in [3.8, 4) is 0 Å². The van der Waals surface area contributed by atoms with Gasteiger partial charge >= 0.3 is 5.97 Å². The average Bonchev–Trinajstić information content (AvgIpc) is 3.78. The van der Waals surface area contributed by atoms with Crippen molar-refractivity contribution in [3.05, 3.63) is 72.5 Å². The van der Waals surface area contributed by atoms with E-state index in [1.807, 2.05) is 36.7 Å². The van der Waals surface area contributed by atoms with Gasteiger partial charge in [0, 0.05) is 53.7 Å². The highest BCUT2D eigenvalue weighted by Crippen LogP contribution is 2.19. The number of nitrogens with two attached hydrogens (primary N) is 1. The highest BCUT2D eigenvalue weighted by molar-refractivity contribution is 7.98. The highest BCUT2D eigenvalue weighted by Gasteiger charge is 2.31. The van der Waals surface area contributed by atoms with Crippen LogP contribution in [-0.2, 0) is 38.4 Å². The van der Waals surface area contributed by atoms with Gasteiger partial charge in [0.25, 0.3) is 0 Å². The van der Waals surface area contributed by atoms with E-state index in [2.05, 4.69) is 40.9 Å². The van der Waals surface area contributed by atoms with E-state index in [9.17, 15) is 24.3 Å². The molecule has 14 nitrogen and oxygen atoms in total. The van der Waals surface area contributed by atoms with Gasteiger partial charge in [0.15, 0.2) is 0 Å². The number of carboxylic acid groups (broad SMARTS) is 1. The molecule has 15 heteroatoms. The molecule has 4 unspecified atom stereocenters. The van der Waals surface area contributed by atoms with E-state index in [0.29, 0.717) is 17.1 Å². The van der Waals surface area contributed by atoms with Crippen LogP contribution >= 0.6 is 11.8 Å². The molecule has 4 rings (SSSR count). The Labute approximate surface area is 251 Å². The van der Waals surface area contributed by atoms with Crippen molar-refractivity contribution in [2.75, 3.05) is 12.0 Å². The molecular formula is C28H35N9O5S. The first kappa shape index (κ1) is 31.3. The van der Waals surface area contributed by atoms with Gasteiger partial charge in [0.05, 0.1) is 18.7 Å². The summed E-state index contributed by atoms with van der Waals surface area (Å²) in [7, 11) is 0. The van der Waals surface area contributed by atoms with Crippen LogP contribution in [0, 0.1) is 0 Å². The van der Waals surface area contributed by atoms with Crippen molar-refractivity contribution < 1.29 is 24.3 Å². The van der Waals surface area contributed by atoms with Gasteiger partial charge in [-0.1, -0.05) is 18.2 Å². The molecule has 0 fully saturated rings. The van der Waals surface area contributed by atoms with E-state index in [-0.39, 0.29) is 25.7 Å². The lowest BCUT2D eigenvalue weighted by molar-refractivity contribution is -0.142. The molecule has 0 saturated heterocycles. The number of aliphatic carboxylic acids is 1. The van der Waals surface area contributed by atoms with Gasteiger partial charge in [0.2, 0.25) is 17.7 Å². The molecule has 0 radical (unpaired) electrons. The zero-order valence-corrected chi connectivity index (χ0v) is 24.3. The second-order valence-corrected chi connectivity index (χ2v) is 11.0. The number of carbonyl (C=O) groups excluding carboxylic acids is 3. The summed E-state index contributed by atoms with van der Waals surface area (Å²) in [5.41, 5.74) is 9.13. The average molecular weight is 610 g/mol. The smallest absolute Gasteiger partial charge is 0.326 e. The Morgan fingerprint density at radius 3 is 2.09 bits per heavy atom. The van der Waals surface area contributed by atoms with Crippen molar-refractivity contribution in [2.45, 2.75) is 49.9 Å². The monoisotopic (exact) mass is 609 g/mol. The summed E-state index contributed by atoms with van der Waals surface area (Å²) in [4.78, 5) is 68.6. The number of thioether (sulfide) groups is 1. The fourth-order valence-electron chi connectivity index (χ4n) is 4.60. The van der Waals surface area contributed by atoms with Crippen LogP contribution in [0.25, 0.3) is 10.9 Å². The predicted molar refractivity (Wildman–Crippen MR) is 161 cm³/mol. The normalized spacial score (nSPS) is 14.0. The van der Waals surface area contributed by atoms with Gasteiger partial charge in [-0.05, 0) is 36.5 Å². The van der Waals surface area contributed by atoms with Crippen LogP contribution in [-0.4, -0.2) is 89.9 Å². The van der Waals surface area contributed by atoms with Crippen LogP contribution in [0.2, 0.25) is 0 Å². The minimum atomic E-state index is -1.27. The van der Waals surface area contributed by atoms with Crippen molar-refractivity contribution in [2.24, 2.45) is 5.73 Å². The zero-order valence-electron chi connectivity index (χ0n) is 23.5. The predicted octanol–water partition coefficient (Wildman–Crippen LogP) is 0.261. The lowest BCUT2D eigenvalue weighted by Crippen LogP contribution is -2.58. The van der Waals surface area contributed by atoms with E-state index in [1.165, 1.54) is 36.8 Å². The summed E-state index contributed by atoms with van der Waals surface area (Å²) >= 11 is 1.50. The van der Waals surface area contributed by atoms with Crippen LogP contribution < -0.4 is 21.7 Å².